The molecule has 0 saturated carbocycles. The number of aromatic nitrogens is 2. The van der Waals surface area contributed by atoms with Gasteiger partial charge in [0.1, 0.15) is 11.6 Å². The van der Waals surface area contributed by atoms with Crippen LogP contribution in [0.4, 0.5) is 5.82 Å². The third-order valence-electron chi connectivity index (χ3n) is 2.45. The predicted octanol–water partition coefficient (Wildman–Crippen LogP) is 1.23. The Labute approximate surface area is 103 Å². The van der Waals surface area contributed by atoms with E-state index in [0.29, 0.717) is 5.88 Å². The van der Waals surface area contributed by atoms with Gasteiger partial charge >= 0.3 is 0 Å². The molecule has 0 unspecified atom stereocenters. The van der Waals surface area contributed by atoms with Gasteiger partial charge < -0.3 is 15.0 Å². The topological polar surface area (TPSA) is 50.3 Å². The lowest BCUT2D eigenvalue weighted by Crippen LogP contribution is -2.30. The first-order valence-electron chi connectivity index (χ1n) is 5.99. The number of hydrogen-bond acceptors (Lipinski definition) is 5. The van der Waals surface area contributed by atoms with Crippen molar-refractivity contribution in [1.82, 2.24) is 15.3 Å². The maximum atomic E-state index is 5.14. The Kier molecular flexibility index (Phi) is 5.69. The van der Waals surface area contributed by atoms with Gasteiger partial charge in [-0.15, -0.1) is 0 Å². The van der Waals surface area contributed by atoms with Crippen molar-refractivity contribution in [3.05, 3.63) is 11.9 Å². The zero-order chi connectivity index (χ0) is 12.7. The molecule has 1 N–H and O–H groups in total. The number of likely N-dealkylation sites (N-methyl/N-ethyl adjacent to an activating group) is 1. The van der Waals surface area contributed by atoms with E-state index in [0.717, 1.165) is 37.7 Å². The second-order valence-corrected chi connectivity index (χ2v) is 3.99. The van der Waals surface area contributed by atoms with Crippen LogP contribution in [0.3, 0.4) is 0 Å². The highest BCUT2D eigenvalue weighted by Crippen LogP contribution is 2.15. The van der Waals surface area contributed by atoms with Gasteiger partial charge in [-0.25, -0.2) is 4.98 Å². The van der Waals surface area contributed by atoms with Crippen LogP contribution in [0.25, 0.3) is 0 Å². The third-order valence-corrected chi connectivity index (χ3v) is 2.45. The molecule has 5 heteroatoms. The molecule has 1 rings (SSSR count). The van der Waals surface area contributed by atoms with E-state index in [1.165, 1.54) is 0 Å². The Morgan fingerprint density at radius 3 is 2.76 bits per heavy atom. The quantitative estimate of drug-likeness (QED) is 0.724. The fourth-order valence-electron chi connectivity index (χ4n) is 1.49. The molecule has 0 radical (unpaired) electrons. The van der Waals surface area contributed by atoms with Crippen LogP contribution < -0.4 is 15.0 Å². The van der Waals surface area contributed by atoms with E-state index < -0.39 is 0 Å². The van der Waals surface area contributed by atoms with E-state index >= 15 is 0 Å². The zero-order valence-corrected chi connectivity index (χ0v) is 11.2. The first-order valence-corrected chi connectivity index (χ1v) is 5.99. The van der Waals surface area contributed by atoms with Crippen molar-refractivity contribution in [2.45, 2.75) is 20.3 Å². The van der Waals surface area contributed by atoms with Crippen LogP contribution in [0, 0.1) is 6.92 Å². The molecule has 0 aliphatic carbocycles. The number of nitrogens with one attached hydrogen (secondary N) is 1. The van der Waals surface area contributed by atoms with Crippen LogP contribution >= 0.6 is 0 Å². The van der Waals surface area contributed by atoms with Crippen molar-refractivity contribution in [2.75, 3.05) is 38.7 Å². The number of ether oxygens (including phenoxy) is 1. The van der Waals surface area contributed by atoms with E-state index in [1.54, 1.807) is 7.11 Å². The summed E-state index contributed by atoms with van der Waals surface area (Å²) in [4.78, 5) is 10.7. The molecule has 1 heterocycles. The molecular formula is C12H22N4O. The number of rotatable bonds is 7. The first kappa shape index (κ1) is 13.7. The summed E-state index contributed by atoms with van der Waals surface area (Å²) in [6.07, 6.45) is 1.16. The van der Waals surface area contributed by atoms with Crippen LogP contribution in [0.15, 0.2) is 6.07 Å². The molecule has 1 aromatic heterocycles. The van der Waals surface area contributed by atoms with Crippen molar-refractivity contribution in [3.63, 3.8) is 0 Å². The van der Waals surface area contributed by atoms with Crippen LogP contribution in [0.5, 0.6) is 5.88 Å². The van der Waals surface area contributed by atoms with Gasteiger partial charge in [0, 0.05) is 26.2 Å². The Morgan fingerprint density at radius 2 is 2.12 bits per heavy atom. The van der Waals surface area contributed by atoms with Gasteiger partial charge in [-0.2, -0.15) is 4.98 Å². The molecule has 0 fully saturated rings. The molecule has 96 valence electrons. The number of methoxy groups -OCH3 is 1. The van der Waals surface area contributed by atoms with E-state index in [-0.39, 0.29) is 0 Å². The molecule has 1 aromatic rings. The summed E-state index contributed by atoms with van der Waals surface area (Å²) in [6.45, 7) is 6.96. The minimum atomic E-state index is 0.612. The molecule has 0 bridgehead atoms. The molecule has 0 aliphatic heterocycles. The molecular weight excluding hydrogens is 216 g/mol. The third kappa shape index (κ3) is 4.56. The number of hydrogen-bond donors (Lipinski definition) is 1. The maximum Gasteiger partial charge on any atom is 0.218 e. The lowest BCUT2D eigenvalue weighted by atomic mass is 10.4. The summed E-state index contributed by atoms with van der Waals surface area (Å²) in [7, 11) is 3.64. The highest BCUT2D eigenvalue weighted by atomic mass is 16.5. The van der Waals surface area contributed by atoms with Gasteiger partial charge in [0.15, 0.2) is 0 Å². The summed E-state index contributed by atoms with van der Waals surface area (Å²) >= 11 is 0. The minimum Gasteiger partial charge on any atom is -0.481 e. The van der Waals surface area contributed by atoms with E-state index in [2.05, 4.69) is 27.1 Å². The van der Waals surface area contributed by atoms with Crippen LogP contribution in [0.1, 0.15) is 19.2 Å². The highest BCUT2D eigenvalue weighted by molar-refractivity contribution is 5.40. The summed E-state index contributed by atoms with van der Waals surface area (Å²) in [5, 5.41) is 3.36. The summed E-state index contributed by atoms with van der Waals surface area (Å²) in [6, 6.07) is 1.85. The molecule has 0 amide bonds. The molecule has 0 atom stereocenters. The Morgan fingerprint density at radius 1 is 1.35 bits per heavy atom. The molecule has 0 aromatic carbocycles. The Balaban J connectivity index is 2.55. The monoisotopic (exact) mass is 238 g/mol. The summed E-state index contributed by atoms with van der Waals surface area (Å²) in [5.41, 5.74) is 0. The maximum absolute atomic E-state index is 5.14. The lowest BCUT2D eigenvalue weighted by molar-refractivity contribution is 0.395. The molecule has 0 aliphatic rings. The van der Waals surface area contributed by atoms with Crippen molar-refractivity contribution in [2.24, 2.45) is 0 Å². The van der Waals surface area contributed by atoms with E-state index in [4.69, 9.17) is 4.74 Å². The largest absolute Gasteiger partial charge is 0.481 e. The van der Waals surface area contributed by atoms with Crippen molar-refractivity contribution in [3.8, 4) is 5.88 Å². The average Bonchev–Trinajstić information content (AvgIpc) is 2.33. The Bertz CT molecular complexity index is 343. The molecule has 0 spiro atoms. The van der Waals surface area contributed by atoms with Crippen molar-refractivity contribution >= 4 is 5.82 Å². The van der Waals surface area contributed by atoms with Gasteiger partial charge in [-0.05, 0) is 19.9 Å². The average molecular weight is 238 g/mol. The van der Waals surface area contributed by atoms with Crippen LogP contribution in [-0.2, 0) is 0 Å². The molecule has 5 nitrogen and oxygen atoms in total. The van der Waals surface area contributed by atoms with Gasteiger partial charge in [0.2, 0.25) is 5.88 Å². The number of anilines is 1. The Hall–Kier alpha value is -1.36. The zero-order valence-electron chi connectivity index (χ0n) is 11.2. The normalized spacial score (nSPS) is 10.4. The second-order valence-electron chi connectivity index (χ2n) is 3.99. The summed E-state index contributed by atoms with van der Waals surface area (Å²) < 4.78 is 5.14. The van der Waals surface area contributed by atoms with Gasteiger partial charge in [-0.1, -0.05) is 6.92 Å². The van der Waals surface area contributed by atoms with Gasteiger partial charge in [0.25, 0.3) is 0 Å². The first-order chi connectivity index (χ1) is 8.17. The van der Waals surface area contributed by atoms with Crippen molar-refractivity contribution < 1.29 is 4.74 Å². The van der Waals surface area contributed by atoms with Crippen LogP contribution in [0.2, 0.25) is 0 Å². The predicted molar refractivity (Wildman–Crippen MR) is 69.8 cm³/mol. The fraction of sp³-hybridized carbons (Fsp3) is 0.667. The van der Waals surface area contributed by atoms with Gasteiger partial charge in [-0.3, -0.25) is 0 Å². The minimum absolute atomic E-state index is 0.612. The standard InChI is InChI=1S/C12H22N4O/c1-5-6-13-7-8-16(3)11-9-12(17-4)15-10(2)14-11/h9,13H,5-8H2,1-4H3. The van der Waals surface area contributed by atoms with E-state index in [1.807, 2.05) is 20.0 Å². The van der Waals surface area contributed by atoms with Crippen molar-refractivity contribution in [1.29, 1.82) is 0 Å². The molecule has 0 saturated heterocycles. The summed E-state index contributed by atoms with van der Waals surface area (Å²) in [5.74, 6) is 2.24. The highest BCUT2D eigenvalue weighted by Gasteiger charge is 2.06. The number of nitrogens with zero attached hydrogens (tertiary/aromatic N) is 3. The smallest absolute Gasteiger partial charge is 0.218 e. The van der Waals surface area contributed by atoms with Gasteiger partial charge in [0.05, 0.1) is 7.11 Å². The molecule has 17 heavy (non-hydrogen) atoms. The van der Waals surface area contributed by atoms with Crippen LogP contribution in [-0.4, -0.2) is 43.8 Å². The second kappa shape index (κ2) is 7.06. The SMILES string of the molecule is CCCNCCN(C)c1cc(OC)nc(C)n1. The number of aryl methyl sites for hydroxylation is 1. The fourth-order valence-corrected chi connectivity index (χ4v) is 1.49. The lowest BCUT2D eigenvalue weighted by Gasteiger charge is -2.19. The van der Waals surface area contributed by atoms with E-state index in [9.17, 15) is 0 Å².